The third-order valence-electron chi connectivity index (χ3n) is 6.27. The largest absolute Gasteiger partial charge is 0.487 e. The zero-order valence-electron chi connectivity index (χ0n) is 24.2. The third-order valence-corrected chi connectivity index (χ3v) is 6.27. The van der Waals surface area contributed by atoms with Crippen LogP contribution in [0.1, 0.15) is 56.9 Å². The van der Waals surface area contributed by atoms with E-state index in [4.69, 9.17) is 14.2 Å². The van der Waals surface area contributed by atoms with Crippen LogP contribution < -0.4 is 9.47 Å². The van der Waals surface area contributed by atoms with E-state index in [-0.39, 0.29) is 5.97 Å². The van der Waals surface area contributed by atoms with Crippen LogP contribution in [-0.4, -0.2) is 18.1 Å². The molecule has 206 valence electrons. The maximum atomic E-state index is 12.7. The molecule has 0 N–H and O–H groups in total. The van der Waals surface area contributed by atoms with E-state index in [1.807, 2.05) is 113 Å². The number of pyridine rings is 1. The van der Waals surface area contributed by atoms with Gasteiger partial charge in [-0.1, -0.05) is 80.4 Å². The molecule has 3 aromatic carbocycles. The number of ether oxygens (including phenoxy) is 3. The van der Waals surface area contributed by atoms with Gasteiger partial charge in [0.15, 0.2) is 0 Å². The molecule has 40 heavy (non-hydrogen) atoms. The SMILES string of the molecule is CC.CC#Cc1cc(C(C)(C)C(=O)OC)cc(-c2cccnc2OCc2ccccc2)c1OCc1ccccc1. The summed E-state index contributed by atoms with van der Waals surface area (Å²) in [4.78, 5) is 17.3. The Morgan fingerprint density at radius 3 is 2.00 bits per heavy atom. The van der Waals surface area contributed by atoms with Gasteiger partial charge in [-0.3, -0.25) is 4.79 Å². The van der Waals surface area contributed by atoms with Crippen molar-refractivity contribution in [1.29, 1.82) is 0 Å². The molecule has 4 rings (SSSR count). The third kappa shape index (κ3) is 7.30. The Balaban J connectivity index is 0.00000216. The lowest BCUT2D eigenvalue weighted by atomic mass is 9.82. The lowest BCUT2D eigenvalue weighted by molar-refractivity contribution is -0.146. The van der Waals surface area contributed by atoms with Crippen LogP contribution in [0.25, 0.3) is 11.1 Å². The van der Waals surface area contributed by atoms with Crippen LogP contribution in [0.2, 0.25) is 0 Å². The fourth-order valence-electron chi connectivity index (χ4n) is 4.11. The van der Waals surface area contributed by atoms with Gasteiger partial charge in [-0.05, 0) is 61.7 Å². The molecule has 0 amide bonds. The number of carbonyl (C=O) groups is 1. The normalized spacial score (nSPS) is 10.3. The molecule has 0 saturated carbocycles. The van der Waals surface area contributed by atoms with E-state index in [9.17, 15) is 4.79 Å². The molecule has 0 aliphatic carbocycles. The van der Waals surface area contributed by atoms with Crippen molar-refractivity contribution in [3.8, 4) is 34.6 Å². The van der Waals surface area contributed by atoms with Crippen LogP contribution in [0, 0.1) is 11.8 Å². The van der Waals surface area contributed by atoms with Crippen molar-refractivity contribution in [3.05, 3.63) is 113 Å². The van der Waals surface area contributed by atoms with Crippen LogP contribution in [-0.2, 0) is 28.2 Å². The van der Waals surface area contributed by atoms with Crippen molar-refractivity contribution in [2.45, 2.75) is 53.2 Å². The smallest absolute Gasteiger partial charge is 0.315 e. The first-order valence-electron chi connectivity index (χ1n) is 13.4. The molecule has 1 aromatic heterocycles. The van der Waals surface area contributed by atoms with Crippen molar-refractivity contribution in [2.75, 3.05) is 7.11 Å². The van der Waals surface area contributed by atoms with Crippen molar-refractivity contribution >= 4 is 5.97 Å². The van der Waals surface area contributed by atoms with Gasteiger partial charge in [0.2, 0.25) is 5.88 Å². The standard InChI is InChI=1S/C33H31NO4.C2H6/c1-5-13-26-20-27(33(2,3)32(35)36-4)21-29(30(26)37-22-24-14-8-6-9-15-24)28-18-12-19-34-31(28)38-23-25-16-10-7-11-17-25;1-2/h6-12,14-21H,22-23H2,1-4H3;1-2H3. The highest BCUT2D eigenvalue weighted by molar-refractivity contribution is 5.85. The molecule has 0 spiro atoms. The second kappa shape index (κ2) is 14.6. The van der Waals surface area contributed by atoms with Crippen molar-refractivity contribution in [2.24, 2.45) is 0 Å². The Morgan fingerprint density at radius 2 is 1.43 bits per heavy atom. The summed E-state index contributed by atoms with van der Waals surface area (Å²) < 4.78 is 17.7. The minimum absolute atomic E-state index is 0.344. The van der Waals surface area contributed by atoms with Crippen LogP contribution in [0.3, 0.4) is 0 Å². The van der Waals surface area contributed by atoms with E-state index in [0.717, 1.165) is 27.8 Å². The number of hydrogen-bond acceptors (Lipinski definition) is 5. The number of esters is 1. The molecule has 0 radical (unpaired) electrons. The lowest BCUT2D eigenvalue weighted by Crippen LogP contribution is -2.30. The summed E-state index contributed by atoms with van der Waals surface area (Å²) in [6.45, 7) is 10.2. The van der Waals surface area contributed by atoms with Crippen molar-refractivity contribution < 1.29 is 19.0 Å². The van der Waals surface area contributed by atoms with Gasteiger partial charge in [0.25, 0.3) is 0 Å². The first kappa shape index (κ1) is 30.0. The van der Waals surface area contributed by atoms with E-state index in [1.54, 1.807) is 13.1 Å². The highest BCUT2D eigenvalue weighted by atomic mass is 16.5. The summed E-state index contributed by atoms with van der Waals surface area (Å²) in [5.74, 6) is 6.89. The maximum Gasteiger partial charge on any atom is 0.315 e. The number of methoxy groups -OCH3 is 1. The average Bonchev–Trinajstić information content (AvgIpc) is 3.01. The minimum Gasteiger partial charge on any atom is -0.487 e. The molecule has 0 atom stereocenters. The topological polar surface area (TPSA) is 57.7 Å². The molecule has 0 unspecified atom stereocenters. The van der Waals surface area contributed by atoms with Gasteiger partial charge in [-0.2, -0.15) is 0 Å². The molecular formula is C35H37NO4. The van der Waals surface area contributed by atoms with Crippen molar-refractivity contribution in [3.63, 3.8) is 0 Å². The first-order chi connectivity index (χ1) is 19.4. The molecule has 0 saturated heterocycles. The summed E-state index contributed by atoms with van der Waals surface area (Å²) >= 11 is 0. The zero-order chi connectivity index (χ0) is 29.0. The summed E-state index contributed by atoms with van der Waals surface area (Å²) in [6.07, 6.45) is 1.70. The molecular weight excluding hydrogens is 498 g/mol. The lowest BCUT2D eigenvalue weighted by Gasteiger charge is -2.25. The Kier molecular flexibility index (Phi) is 10.9. The van der Waals surface area contributed by atoms with Gasteiger partial charge in [0.1, 0.15) is 19.0 Å². The number of carbonyl (C=O) groups excluding carboxylic acids is 1. The Bertz CT molecular complexity index is 1450. The number of rotatable bonds is 9. The van der Waals surface area contributed by atoms with Crippen LogP contribution in [0.15, 0.2) is 91.1 Å². The van der Waals surface area contributed by atoms with E-state index < -0.39 is 5.41 Å². The van der Waals surface area contributed by atoms with Gasteiger partial charge in [0, 0.05) is 17.3 Å². The molecule has 0 bridgehead atoms. The molecule has 0 aliphatic heterocycles. The Hall–Kier alpha value is -4.56. The highest BCUT2D eigenvalue weighted by Crippen LogP contribution is 2.41. The van der Waals surface area contributed by atoms with Gasteiger partial charge in [-0.15, -0.1) is 5.92 Å². The monoisotopic (exact) mass is 535 g/mol. The van der Waals surface area contributed by atoms with Gasteiger partial charge >= 0.3 is 5.97 Å². The van der Waals surface area contributed by atoms with Gasteiger partial charge in [0.05, 0.1) is 18.1 Å². The molecule has 5 nitrogen and oxygen atoms in total. The van der Waals surface area contributed by atoms with Gasteiger partial charge in [-0.25, -0.2) is 4.98 Å². The average molecular weight is 536 g/mol. The quantitative estimate of drug-likeness (QED) is 0.162. The summed E-state index contributed by atoms with van der Waals surface area (Å²) in [6, 6.07) is 27.5. The molecule has 0 aliphatic rings. The van der Waals surface area contributed by atoms with E-state index >= 15 is 0 Å². The van der Waals surface area contributed by atoms with E-state index in [1.165, 1.54) is 7.11 Å². The molecule has 5 heteroatoms. The van der Waals surface area contributed by atoms with Crippen LogP contribution >= 0.6 is 0 Å². The fourth-order valence-corrected chi connectivity index (χ4v) is 4.11. The van der Waals surface area contributed by atoms with Crippen LogP contribution in [0.4, 0.5) is 0 Å². The zero-order valence-corrected chi connectivity index (χ0v) is 24.2. The number of aromatic nitrogens is 1. The van der Waals surface area contributed by atoms with Gasteiger partial charge < -0.3 is 14.2 Å². The number of nitrogens with zero attached hydrogens (tertiary/aromatic N) is 1. The molecule has 4 aromatic rings. The molecule has 0 fully saturated rings. The number of benzene rings is 3. The second-order valence-corrected chi connectivity index (χ2v) is 9.30. The number of hydrogen-bond donors (Lipinski definition) is 0. The molecule has 1 heterocycles. The maximum absolute atomic E-state index is 12.7. The highest BCUT2D eigenvalue weighted by Gasteiger charge is 2.33. The fraction of sp³-hybridized carbons (Fsp3) is 0.257. The second-order valence-electron chi connectivity index (χ2n) is 9.30. The Labute approximate surface area is 238 Å². The summed E-state index contributed by atoms with van der Waals surface area (Å²) in [5, 5.41) is 0. The van der Waals surface area contributed by atoms with E-state index in [0.29, 0.717) is 30.4 Å². The van der Waals surface area contributed by atoms with Crippen LogP contribution in [0.5, 0.6) is 11.6 Å². The van der Waals surface area contributed by atoms with Crippen molar-refractivity contribution in [1.82, 2.24) is 4.98 Å². The van der Waals surface area contributed by atoms with E-state index in [2.05, 4.69) is 16.8 Å². The Morgan fingerprint density at radius 1 is 0.825 bits per heavy atom. The first-order valence-corrected chi connectivity index (χ1v) is 13.4. The summed E-state index contributed by atoms with van der Waals surface area (Å²) in [5.41, 5.74) is 4.05. The minimum atomic E-state index is -0.918. The predicted molar refractivity (Wildman–Crippen MR) is 160 cm³/mol. The predicted octanol–water partition coefficient (Wildman–Crippen LogP) is 7.75. The summed E-state index contributed by atoms with van der Waals surface area (Å²) in [7, 11) is 1.39.